The Morgan fingerprint density at radius 1 is 0.870 bits per heavy atom. The molecule has 0 spiro atoms. The molecule has 0 aliphatic heterocycles. The van der Waals surface area contributed by atoms with Gasteiger partial charge >= 0.3 is 19.5 Å². The minimum absolute atomic E-state index is 0.365. The Balaban J connectivity index is 2.72. The Morgan fingerprint density at radius 2 is 1.48 bits per heavy atom. The highest BCUT2D eigenvalue weighted by Gasteiger charge is 2.37. The number of nitrogens with zero attached hydrogens (tertiary/aromatic N) is 1. The van der Waals surface area contributed by atoms with Crippen LogP contribution in [0.1, 0.15) is 11.3 Å². The zero-order valence-electron chi connectivity index (χ0n) is 11.2. The van der Waals surface area contributed by atoms with E-state index in [2.05, 4.69) is 4.98 Å². The maximum Gasteiger partial charge on any atom is 0.488 e. The molecule has 122 valence electrons. The molecule has 0 fully saturated rings. The topological polar surface area (TPSA) is 53.4 Å². The SMILES string of the molecule is OB(O)c1cc(-c2ccccc2C(F)(F)F)nc(C(F)(F)F)c1. The van der Waals surface area contributed by atoms with Crippen LogP contribution in [0.2, 0.25) is 0 Å². The molecule has 1 heterocycles. The van der Waals surface area contributed by atoms with E-state index in [-0.39, 0.29) is 0 Å². The Morgan fingerprint density at radius 3 is 2.00 bits per heavy atom. The van der Waals surface area contributed by atoms with Gasteiger partial charge in [-0.15, -0.1) is 0 Å². The summed E-state index contributed by atoms with van der Waals surface area (Å²) >= 11 is 0. The predicted molar refractivity (Wildman–Crippen MR) is 69.5 cm³/mol. The molecular formula is C13H8BF6NO2. The van der Waals surface area contributed by atoms with Crippen molar-refractivity contribution in [2.24, 2.45) is 0 Å². The third kappa shape index (κ3) is 3.83. The molecule has 0 atom stereocenters. The molecule has 0 radical (unpaired) electrons. The molecule has 0 unspecified atom stereocenters. The van der Waals surface area contributed by atoms with Crippen molar-refractivity contribution in [2.75, 3.05) is 0 Å². The van der Waals surface area contributed by atoms with Crippen molar-refractivity contribution in [3.05, 3.63) is 47.7 Å². The Bertz CT molecular complexity index is 714. The third-order valence-corrected chi connectivity index (χ3v) is 2.94. The average Bonchev–Trinajstić information content (AvgIpc) is 2.45. The summed E-state index contributed by atoms with van der Waals surface area (Å²) in [4.78, 5) is 3.18. The van der Waals surface area contributed by atoms with Crippen LogP contribution < -0.4 is 5.46 Å². The van der Waals surface area contributed by atoms with Crippen LogP contribution in [0.15, 0.2) is 36.4 Å². The van der Waals surface area contributed by atoms with Gasteiger partial charge in [-0.2, -0.15) is 26.3 Å². The summed E-state index contributed by atoms with van der Waals surface area (Å²) in [6.45, 7) is 0. The maximum atomic E-state index is 13.0. The number of halogens is 6. The average molecular weight is 335 g/mol. The lowest BCUT2D eigenvalue weighted by atomic mass is 9.79. The normalized spacial score (nSPS) is 12.3. The Hall–Kier alpha value is -2.07. The molecule has 0 saturated heterocycles. The number of rotatable bonds is 2. The highest BCUT2D eigenvalue weighted by Crippen LogP contribution is 2.37. The van der Waals surface area contributed by atoms with Gasteiger partial charge in [-0.05, 0) is 23.7 Å². The van der Waals surface area contributed by atoms with Crippen LogP contribution in [0, 0.1) is 0 Å². The molecule has 0 amide bonds. The lowest BCUT2D eigenvalue weighted by Gasteiger charge is -2.15. The first kappa shape index (κ1) is 17.3. The van der Waals surface area contributed by atoms with E-state index >= 15 is 0 Å². The largest absolute Gasteiger partial charge is 0.488 e. The number of hydrogen-bond acceptors (Lipinski definition) is 3. The number of aromatic nitrogens is 1. The van der Waals surface area contributed by atoms with Crippen LogP contribution in [-0.2, 0) is 12.4 Å². The molecule has 23 heavy (non-hydrogen) atoms. The zero-order chi connectivity index (χ0) is 17.4. The monoisotopic (exact) mass is 335 g/mol. The second-order valence-corrected chi connectivity index (χ2v) is 4.59. The summed E-state index contributed by atoms with van der Waals surface area (Å²) in [7, 11) is -2.28. The van der Waals surface area contributed by atoms with E-state index in [1.54, 1.807) is 0 Å². The molecule has 0 bridgehead atoms. The van der Waals surface area contributed by atoms with Gasteiger partial charge in [0.25, 0.3) is 0 Å². The molecule has 3 nitrogen and oxygen atoms in total. The summed E-state index contributed by atoms with van der Waals surface area (Å²) in [5, 5.41) is 18.1. The van der Waals surface area contributed by atoms with Crippen molar-refractivity contribution < 1.29 is 36.4 Å². The van der Waals surface area contributed by atoms with E-state index in [1.165, 1.54) is 6.07 Å². The molecule has 10 heteroatoms. The van der Waals surface area contributed by atoms with E-state index in [1.807, 2.05) is 0 Å². The molecule has 0 aliphatic carbocycles. The van der Waals surface area contributed by atoms with Crippen LogP contribution in [0.5, 0.6) is 0 Å². The van der Waals surface area contributed by atoms with Crippen molar-refractivity contribution in [1.82, 2.24) is 4.98 Å². The summed E-state index contributed by atoms with van der Waals surface area (Å²) in [5.41, 5.74) is -4.55. The summed E-state index contributed by atoms with van der Waals surface area (Å²) in [6.07, 6.45) is -9.75. The molecule has 0 aliphatic rings. The summed E-state index contributed by atoms with van der Waals surface area (Å²) < 4.78 is 77.4. The molecular weight excluding hydrogens is 327 g/mol. The van der Waals surface area contributed by atoms with Crippen molar-refractivity contribution in [3.63, 3.8) is 0 Å². The first-order valence-corrected chi connectivity index (χ1v) is 6.12. The van der Waals surface area contributed by atoms with Crippen molar-refractivity contribution >= 4 is 12.6 Å². The van der Waals surface area contributed by atoms with Gasteiger partial charge in [0.05, 0.1) is 11.3 Å². The first-order chi connectivity index (χ1) is 10.5. The fourth-order valence-electron chi connectivity index (χ4n) is 1.94. The predicted octanol–water partition coefficient (Wildman–Crippen LogP) is 2.47. The molecule has 2 N–H and O–H groups in total. The van der Waals surface area contributed by atoms with Crippen LogP contribution in [0.25, 0.3) is 11.3 Å². The number of pyridine rings is 1. The molecule has 1 aromatic heterocycles. The summed E-state index contributed by atoms with van der Waals surface area (Å²) in [5.74, 6) is 0. The highest BCUT2D eigenvalue weighted by atomic mass is 19.4. The molecule has 0 saturated carbocycles. The van der Waals surface area contributed by atoms with Crippen molar-refractivity contribution in [1.29, 1.82) is 0 Å². The number of benzene rings is 1. The van der Waals surface area contributed by atoms with E-state index in [0.29, 0.717) is 12.1 Å². The maximum absolute atomic E-state index is 13.0. The van der Waals surface area contributed by atoms with Crippen LogP contribution in [0.4, 0.5) is 26.3 Å². The van der Waals surface area contributed by atoms with Crippen LogP contribution in [-0.4, -0.2) is 22.2 Å². The Labute approximate surface area is 126 Å². The van der Waals surface area contributed by atoms with E-state index < -0.39 is 47.4 Å². The lowest BCUT2D eigenvalue weighted by Crippen LogP contribution is -2.31. The smallest absolute Gasteiger partial charge is 0.423 e. The van der Waals surface area contributed by atoms with Gasteiger partial charge in [0, 0.05) is 5.56 Å². The zero-order valence-corrected chi connectivity index (χ0v) is 11.2. The van der Waals surface area contributed by atoms with Gasteiger partial charge in [-0.25, -0.2) is 4.98 Å². The Kier molecular flexibility index (Phi) is 4.40. The number of hydrogen-bond donors (Lipinski definition) is 2. The molecule has 2 rings (SSSR count). The van der Waals surface area contributed by atoms with Gasteiger partial charge < -0.3 is 10.0 Å². The van der Waals surface area contributed by atoms with E-state index in [0.717, 1.165) is 18.2 Å². The van der Waals surface area contributed by atoms with Crippen LogP contribution in [0.3, 0.4) is 0 Å². The fraction of sp³-hybridized carbons (Fsp3) is 0.154. The molecule has 2 aromatic rings. The fourth-order valence-corrected chi connectivity index (χ4v) is 1.94. The van der Waals surface area contributed by atoms with E-state index in [4.69, 9.17) is 10.0 Å². The van der Waals surface area contributed by atoms with Gasteiger partial charge in [-0.3, -0.25) is 0 Å². The van der Waals surface area contributed by atoms with Gasteiger partial charge in [0.15, 0.2) is 0 Å². The van der Waals surface area contributed by atoms with E-state index in [9.17, 15) is 26.3 Å². The van der Waals surface area contributed by atoms with Crippen LogP contribution >= 0.6 is 0 Å². The molecule has 1 aromatic carbocycles. The lowest BCUT2D eigenvalue weighted by molar-refractivity contribution is -0.141. The van der Waals surface area contributed by atoms with Crippen molar-refractivity contribution in [3.8, 4) is 11.3 Å². The standard InChI is InChI=1S/C13H8BF6NO2/c15-12(16,17)9-4-2-1-3-8(9)10-5-7(14(22)23)6-11(21-10)13(18,19)20/h1-6,22-23H. The van der Waals surface area contributed by atoms with Gasteiger partial charge in [0.1, 0.15) is 5.69 Å². The third-order valence-electron chi connectivity index (χ3n) is 2.94. The minimum Gasteiger partial charge on any atom is -0.423 e. The first-order valence-electron chi connectivity index (χ1n) is 6.12. The highest BCUT2D eigenvalue weighted by molar-refractivity contribution is 6.58. The minimum atomic E-state index is -4.95. The second-order valence-electron chi connectivity index (χ2n) is 4.59. The van der Waals surface area contributed by atoms with Crippen molar-refractivity contribution in [2.45, 2.75) is 12.4 Å². The second kappa shape index (κ2) is 5.86. The summed E-state index contributed by atoms with van der Waals surface area (Å²) in [6, 6.07) is 5.09. The number of alkyl halides is 6. The quantitative estimate of drug-likeness (QED) is 0.655. The van der Waals surface area contributed by atoms with Gasteiger partial charge in [-0.1, -0.05) is 18.2 Å². The van der Waals surface area contributed by atoms with Gasteiger partial charge in [0.2, 0.25) is 0 Å².